The third kappa shape index (κ3) is 3.35. The van der Waals surface area contributed by atoms with Gasteiger partial charge in [0.2, 0.25) is 0 Å². The van der Waals surface area contributed by atoms with Crippen molar-refractivity contribution in [3.05, 3.63) is 41.7 Å². The minimum Gasteiger partial charge on any atom is -0.481 e. The summed E-state index contributed by atoms with van der Waals surface area (Å²) in [5.74, 6) is -0.869. The number of aromatic nitrogens is 2. The van der Waals surface area contributed by atoms with Crippen molar-refractivity contribution in [1.82, 2.24) is 14.7 Å². The molecule has 7 nitrogen and oxygen atoms in total. The van der Waals surface area contributed by atoms with E-state index in [9.17, 15) is 14.7 Å². The zero-order valence-electron chi connectivity index (χ0n) is 14.6. The monoisotopic (exact) mass is 342 g/mol. The molecule has 1 atom stereocenters. The molecule has 1 unspecified atom stereocenters. The van der Waals surface area contributed by atoms with Gasteiger partial charge in [-0.25, -0.2) is 9.48 Å². The number of benzene rings is 1. The molecule has 1 fully saturated rings. The average molecular weight is 342 g/mol. The molecule has 2 N–H and O–H groups in total. The number of rotatable bonds is 3. The quantitative estimate of drug-likeness (QED) is 0.898. The Balaban J connectivity index is 1.82. The summed E-state index contributed by atoms with van der Waals surface area (Å²) in [6.07, 6.45) is 4.09. The smallest absolute Gasteiger partial charge is 0.321 e. The maximum atomic E-state index is 12.6. The van der Waals surface area contributed by atoms with Crippen LogP contribution in [0.2, 0.25) is 0 Å². The summed E-state index contributed by atoms with van der Waals surface area (Å²) in [7, 11) is 0. The Bertz CT molecular complexity index is 829. The molecule has 2 heterocycles. The zero-order chi connectivity index (χ0) is 18.2. The highest BCUT2D eigenvalue weighted by molar-refractivity contribution is 5.92. The van der Waals surface area contributed by atoms with Crippen LogP contribution in [0.4, 0.5) is 10.5 Å². The number of aliphatic carboxylic acids is 1. The fourth-order valence-electron chi connectivity index (χ4n) is 3.00. The van der Waals surface area contributed by atoms with Crippen molar-refractivity contribution < 1.29 is 14.7 Å². The average Bonchev–Trinajstić information content (AvgIpc) is 3.15. The van der Waals surface area contributed by atoms with Gasteiger partial charge in [-0.2, -0.15) is 5.10 Å². The fourth-order valence-corrected chi connectivity index (χ4v) is 3.00. The predicted octanol–water partition coefficient (Wildman–Crippen LogP) is 2.82. The van der Waals surface area contributed by atoms with Gasteiger partial charge >= 0.3 is 12.0 Å². The number of likely N-dealkylation sites (tertiary alicyclic amines) is 1. The number of nitrogens with zero attached hydrogens (tertiary/aromatic N) is 3. The van der Waals surface area contributed by atoms with E-state index in [0.29, 0.717) is 18.7 Å². The normalized spacial score (nSPS) is 19.9. The highest BCUT2D eigenvalue weighted by Gasteiger charge is 2.42. The molecule has 0 aliphatic carbocycles. The van der Waals surface area contributed by atoms with Crippen LogP contribution < -0.4 is 5.32 Å². The third-order valence-electron chi connectivity index (χ3n) is 4.63. The van der Waals surface area contributed by atoms with Gasteiger partial charge in [-0.15, -0.1) is 0 Å². The van der Waals surface area contributed by atoms with Crippen LogP contribution in [0.3, 0.4) is 0 Å². The van der Waals surface area contributed by atoms with Crippen molar-refractivity contribution in [2.45, 2.75) is 27.2 Å². The van der Waals surface area contributed by atoms with Crippen molar-refractivity contribution in [2.24, 2.45) is 5.41 Å². The molecule has 25 heavy (non-hydrogen) atoms. The van der Waals surface area contributed by atoms with Crippen molar-refractivity contribution in [1.29, 1.82) is 0 Å². The van der Waals surface area contributed by atoms with Crippen molar-refractivity contribution >= 4 is 17.7 Å². The summed E-state index contributed by atoms with van der Waals surface area (Å²) in [4.78, 5) is 25.5. The molecule has 1 saturated heterocycles. The second-order valence-corrected chi connectivity index (χ2v) is 6.95. The fraction of sp³-hybridized carbons (Fsp3) is 0.389. The van der Waals surface area contributed by atoms with Crippen molar-refractivity contribution in [2.75, 3.05) is 18.4 Å². The summed E-state index contributed by atoms with van der Waals surface area (Å²) >= 11 is 0. The first-order chi connectivity index (χ1) is 11.8. The van der Waals surface area contributed by atoms with E-state index < -0.39 is 11.4 Å². The molecule has 132 valence electrons. The molecule has 1 aliphatic heterocycles. The van der Waals surface area contributed by atoms with Gasteiger partial charge in [-0.05, 0) is 50.5 Å². The topological polar surface area (TPSA) is 87.5 Å². The van der Waals surface area contributed by atoms with Gasteiger partial charge < -0.3 is 15.3 Å². The zero-order valence-corrected chi connectivity index (χ0v) is 14.6. The Morgan fingerprint density at radius 2 is 2.04 bits per heavy atom. The first-order valence-corrected chi connectivity index (χ1v) is 8.20. The Kier molecular flexibility index (Phi) is 4.24. The number of amides is 2. The van der Waals surface area contributed by atoms with Crippen LogP contribution >= 0.6 is 0 Å². The highest BCUT2D eigenvalue weighted by Crippen LogP contribution is 2.31. The van der Waals surface area contributed by atoms with E-state index in [0.717, 1.165) is 16.8 Å². The molecule has 0 saturated carbocycles. The van der Waals surface area contributed by atoms with Gasteiger partial charge in [0.1, 0.15) is 0 Å². The molecule has 7 heteroatoms. The lowest BCUT2D eigenvalue weighted by molar-refractivity contribution is -0.146. The summed E-state index contributed by atoms with van der Waals surface area (Å²) in [5, 5.41) is 16.5. The van der Waals surface area contributed by atoms with E-state index in [1.54, 1.807) is 22.7 Å². The molecule has 0 bridgehead atoms. The standard InChI is InChI=1S/C18H22N4O3/c1-12-4-5-15(22-10-13(2)9-19-22)14(8-12)20-17(25)21-7-6-18(3,11-21)16(23)24/h4-5,8-10H,6-7,11H2,1-3H3,(H,20,25)(H,23,24). The van der Waals surface area contributed by atoms with E-state index in [1.165, 1.54) is 0 Å². The van der Waals surface area contributed by atoms with Crippen LogP contribution in [0.1, 0.15) is 24.5 Å². The third-order valence-corrected chi connectivity index (χ3v) is 4.63. The lowest BCUT2D eigenvalue weighted by atomic mass is 9.90. The van der Waals surface area contributed by atoms with Gasteiger partial charge in [0.05, 0.1) is 23.0 Å². The lowest BCUT2D eigenvalue weighted by Gasteiger charge is -2.21. The number of carboxylic acids is 1. The summed E-state index contributed by atoms with van der Waals surface area (Å²) in [6.45, 7) is 6.21. The molecule has 1 aromatic heterocycles. The number of carbonyl (C=O) groups excluding carboxylic acids is 1. The number of hydrogen-bond acceptors (Lipinski definition) is 3. The molecule has 2 aromatic rings. The van der Waals surface area contributed by atoms with Gasteiger partial charge in [-0.1, -0.05) is 6.07 Å². The molecule has 3 rings (SSSR count). The Hall–Kier alpha value is -2.83. The molecular formula is C18H22N4O3. The van der Waals surface area contributed by atoms with Crippen LogP contribution in [0, 0.1) is 19.3 Å². The number of anilines is 1. The maximum Gasteiger partial charge on any atom is 0.321 e. The van der Waals surface area contributed by atoms with E-state index in [4.69, 9.17) is 0 Å². The lowest BCUT2D eigenvalue weighted by Crippen LogP contribution is -2.37. The van der Waals surface area contributed by atoms with E-state index >= 15 is 0 Å². The van der Waals surface area contributed by atoms with Crippen LogP contribution in [0.5, 0.6) is 0 Å². The van der Waals surface area contributed by atoms with Gasteiger partial charge in [-0.3, -0.25) is 4.79 Å². The molecule has 1 aromatic carbocycles. The Morgan fingerprint density at radius 1 is 1.28 bits per heavy atom. The van der Waals surface area contributed by atoms with E-state index in [-0.39, 0.29) is 12.6 Å². The Labute approximate surface area is 146 Å². The molecule has 1 aliphatic rings. The van der Waals surface area contributed by atoms with Crippen LogP contribution in [0.15, 0.2) is 30.6 Å². The van der Waals surface area contributed by atoms with Gasteiger partial charge in [0, 0.05) is 19.3 Å². The number of hydrogen-bond donors (Lipinski definition) is 2. The second kappa shape index (κ2) is 6.23. The summed E-state index contributed by atoms with van der Waals surface area (Å²) in [5.41, 5.74) is 2.57. The number of carbonyl (C=O) groups is 2. The highest BCUT2D eigenvalue weighted by atomic mass is 16.4. The number of carboxylic acid groups (broad SMARTS) is 1. The number of aryl methyl sites for hydroxylation is 2. The minimum atomic E-state index is -0.883. The first kappa shape index (κ1) is 17.0. The SMILES string of the molecule is Cc1ccc(-n2cc(C)cn2)c(NC(=O)N2CCC(C)(C(=O)O)C2)c1. The van der Waals surface area contributed by atoms with Crippen LogP contribution in [-0.2, 0) is 4.79 Å². The predicted molar refractivity (Wildman–Crippen MR) is 94.0 cm³/mol. The number of urea groups is 1. The molecule has 0 spiro atoms. The molecule has 2 amide bonds. The largest absolute Gasteiger partial charge is 0.481 e. The summed E-state index contributed by atoms with van der Waals surface area (Å²) in [6, 6.07) is 5.46. The van der Waals surface area contributed by atoms with Crippen LogP contribution in [-0.4, -0.2) is 44.9 Å². The number of nitrogens with one attached hydrogen (secondary N) is 1. The first-order valence-electron chi connectivity index (χ1n) is 8.20. The molecular weight excluding hydrogens is 320 g/mol. The van der Waals surface area contributed by atoms with Crippen molar-refractivity contribution in [3.8, 4) is 5.69 Å². The van der Waals surface area contributed by atoms with E-state index in [1.807, 2.05) is 38.2 Å². The van der Waals surface area contributed by atoms with E-state index in [2.05, 4.69) is 10.4 Å². The van der Waals surface area contributed by atoms with Gasteiger partial charge in [0.25, 0.3) is 0 Å². The minimum absolute atomic E-state index is 0.205. The Morgan fingerprint density at radius 3 is 2.64 bits per heavy atom. The van der Waals surface area contributed by atoms with Crippen molar-refractivity contribution in [3.63, 3.8) is 0 Å². The molecule has 0 radical (unpaired) electrons. The van der Waals surface area contributed by atoms with Gasteiger partial charge in [0.15, 0.2) is 0 Å². The van der Waals surface area contributed by atoms with Crippen LogP contribution in [0.25, 0.3) is 5.69 Å². The summed E-state index contributed by atoms with van der Waals surface area (Å²) < 4.78 is 1.72. The second-order valence-electron chi connectivity index (χ2n) is 6.95. The maximum absolute atomic E-state index is 12.6.